The summed E-state index contributed by atoms with van der Waals surface area (Å²) in [5.41, 5.74) is 2.10. The molecule has 22 heavy (non-hydrogen) atoms. The zero-order chi connectivity index (χ0) is 16.8. The number of aryl methyl sites for hydroxylation is 1. The fourth-order valence-electron chi connectivity index (χ4n) is 2.15. The minimum Gasteiger partial charge on any atom is -0.444 e. The molecule has 0 aliphatic carbocycles. The lowest BCUT2D eigenvalue weighted by Gasteiger charge is -2.22. The minimum atomic E-state index is -0.457. The molecule has 0 aliphatic heterocycles. The van der Waals surface area contributed by atoms with Gasteiger partial charge in [-0.2, -0.15) is 0 Å². The highest BCUT2D eigenvalue weighted by Crippen LogP contribution is 2.13. The fraction of sp³-hybridized carbons (Fsp3) is 0.611. The van der Waals surface area contributed by atoms with Crippen LogP contribution in [0.3, 0.4) is 0 Å². The average Bonchev–Trinajstić information content (AvgIpc) is 2.36. The van der Waals surface area contributed by atoms with E-state index in [1.54, 1.807) is 0 Å². The molecule has 0 heterocycles. The number of benzene rings is 1. The van der Waals surface area contributed by atoms with Crippen LogP contribution >= 0.6 is 0 Å². The molecule has 0 saturated carbocycles. The highest BCUT2D eigenvalue weighted by atomic mass is 16.6. The van der Waals surface area contributed by atoms with Gasteiger partial charge in [0, 0.05) is 12.1 Å². The van der Waals surface area contributed by atoms with Gasteiger partial charge in [0.15, 0.2) is 0 Å². The number of rotatable bonds is 6. The smallest absolute Gasteiger partial charge is 0.407 e. The van der Waals surface area contributed by atoms with Crippen LogP contribution in [0.25, 0.3) is 0 Å². The van der Waals surface area contributed by atoms with Gasteiger partial charge in [-0.05, 0) is 60.1 Å². The maximum absolute atomic E-state index is 11.7. The summed E-state index contributed by atoms with van der Waals surface area (Å²) in [6.45, 7) is 12.7. The van der Waals surface area contributed by atoms with Crippen LogP contribution in [0.5, 0.6) is 0 Å². The summed E-state index contributed by atoms with van der Waals surface area (Å²) < 4.78 is 5.25. The Morgan fingerprint density at radius 2 is 1.95 bits per heavy atom. The molecule has 1 aromatic carbocycles. The van der Waals surface area contributed by atoms with Crippen LogP contribution in [-0.4, -0.2) is 24.3 Å². The minimum absolute atomic E-state index is 0.0760. The van der Waals surface area contributed by atoms with E-state index in [2.05, 4.69) is 48.7 Å². The first kappa shape index (κ1) is 18.5. The second-order valence-electron chi connectivity index (χ2n) is 6.93. The third-order valence-corrected chi connectivity index (χ3v) is 3.33. The van der Waals surface area contributed by atoms with Crippen molar-refractivity contribution >= 4 is 6.09 Å². The Morgan fingerprint density at radius 1 is 1.27 bits per heavy atom. The van der Waals surface area contributed by atoms with Gasteiger partial charge in [-0.15, -0.1) is 0 Å². The Balaban J connectivity index is 2.30. The first-order chi connectivity index (χ1) is 10.2. The van der Waals surface area contributed by atoms with Crippen LogP contribution in [0.2, 0.25) is 0 Å². The topological polar surface area (TPSA) is 50.4 Å². The van der Waals surface area contributed by atoms with Crippen molar-refractivity contribution in [1.82, 2.24) is 10.6 Å². The lowest BCUT2D eigenvalue weighted by molar-refractivity contribution is 0.0506. The summed E-state index contributed by atoms with van der Waals surface area (Å²) in [4.78, 5) is 11.7. The van der Waals surface area contributed by atoms with Gasteiger partial charge in [-0.25, -0.2) is 4.79 Å². The van der Waals surface area contributed by atoms with E-state index in [9.17, 15) is 4.79 Å². The Bertz CT molecular complexity index is 480. The summed E-state index contributed by atoms with van der Waals surface area (Å²) in [6.07, 6.45) is 0.502. The summed E-state index contributed by atoms with van der Waals surface area (Å²) >= 11 is 0. The third-order valence-electron chi connectivity index (χ3n) is 3.33. The monoisotopic (exact) mass is 306 g/mol. The molecule has 1 aromatic rings. The van der Waals surface area contributed by atoms with Crippen LogP contribution in [-0.2, 0) is 4.74 Å². The Hall–Kier alpha value is -1.55. The zero-order valence-electron chi connectivity index (χ0n) is 14.7. The molecule has 4 heteroatoms. The Labute approximate surface area is 134 Å². The van der Waals surface area contributed by atoms with Crippen molar-refractivity contribution in [3.8, 4) is 0 Å². The summed E-state index contributed by atoms with van der Waals surface area (Å²) in [7, 11) is 0. The quantitative estimate of drug-likeness (QED) is 0.836. The van der Waals surface area contributed by atoms with Crippen molar-refractivity contribution in [3.63, 3.8) is 0 Å². The lowest BCUT2D eigenvalue weighted by atomic mass is 10.1. The fourth-order valence-corrected chi connectivity index (χ4v) is 2.15. The predicted molar refractivity (Wildman–Crippen MR) is 91.0 cm³/mol. The maximum atomic E-state index is 11.7. The molecule has 124 valence electrons. The summed E-state index contributed by atoms with van der Waals surface area (Å²) in [5, 5.41) is 6.34. The molecule has 0 radical (unpaired) electrons. The zero-order valence-corrected chi connectivity index (χ0v) is 14.7. The second kappa shape index (κ2) is 8.18. The van der Waals surface area contributed by atoms with Crippen molar-refractivity contribution in [2.24, 2.45) is 0 Å². The number of carbonyl (C=O) groups is 1. The molecule has 0 aliphatic rings. The van der Waals surface area contributed by atoms with Crippen LogP contribution in [0, 0.1) is 6.92 Å². The van der Waals surface area contributed by atoms with Gasteiger partial charge < -0.3 is 15.4 Å². The van der Waals surface area contributed by atoms with Crippen LogP contribution < -0.4 is 10.6 Å². The standard InChI is InChI=1S/C18H30N2O2/c1-13-8-7-9-16(12-13)15(3)19-11-10-14(2)20-17(21)22-18(4,5)6/h7-9,12,14-15,19H,10-11H2,1-6H3,(H,20,21). The highest BCUT2D eigenvalue weighted by Gasteiger charge is 2.17. The molecule has 2 unspecified atom stereocenters. The van der Waals surface area contributed by atoms with Gasteiger partial charge in [0.25, 0.3) is 0 Å². The number of alkyl carbamates (subject to hydrolysis) is 1. The molecule has 0 saturated heterocycles. The van der Waals surface area contributed by atoms with Gasteiger partial charge in [-0.1, -0.05) is 29.8 Å². The number of nitrogens with one attached hydrogen (secondary N) is 2. The van der Waals surface area contributed by atoms with Crippen molar-refractivity contribution in [2.45, 2.75) is 65.6 Å². The number of carbonyl (C=O) groups excluding carboxylic acids is 1. The molecular formula is C18H30N2O2. The van der Waals surface area contributed by atoms with E-state index in [4.69, 9.17) is 4.74 Å². The lowest BCUT2D eigenvalue weighted by Crippen LogP contribution is -2.39. The molecule has 0 spiro atoms. The van der Waals surface area contributed by atoms with Gasteiger partial charge >= 0.3 is 6.09 Å². The van der Waals surface area contributed by atoms with Crippen molar-refractivity contribution in [2.75, 3.05) is 6.54 Å². The SMILES string of the molecule is Cc1cccc(C(C)NCCC(C)NC(=O)OC(C)(C)C)c1. The van der Waals surface area contributed by atoms with E-state index in [0.29, 0.717) is 6.04 Å². The van der Waals surface area contributed by atoms with Crippen molar-refractivity contribution in [3.05, 3.63) is 35.4 Å². The van der Waals surface area contributed by atoms with Gasteiger partial charge in [0.2, 0.25) is 0 Å². The number of hydrogen-bond acceptors (Lipinski definition) is 3. The predicted octanol–water partition coefficient (Wildman–Crippen LogP) is 3.95. The molecule has 0 fully saturated rings. The van der Waals surface area contributed by atoms with Crippen LogP contribution in [0.4, 0.5) is 4.79 Å². The molecule has 1 amide bonds. The molecule has 0 bridgehead atoms. The normalized spacial score (nSPS) is 14.3. The maximum Gasteiger partial charge on any atom is 0.407 e. The molecule has 4 nitrogen and oxygen atoms in total. The first-order valence-electron chi connectivity index (χ1n) is 7.97. The van der Waals surface area contributed by atoms with E-state index in [-0.39, 0.29) is 12.1 Å². The van der Waals surface area contributed by atoms with E-state index in [0.717, 1.165) is 13.0 Å². The van der Waals surface area contributed by atoms with Crippen LogP contribution in [0.1, 0.15) is 58.2 Å². The van der Waals surface area contributed by atoms with Gasteiger partial charge in [-0.3, -0.25) is 0 Å². The number of amides is 1. The van der Waals surface area contributed by atoms with Crippen LogP contribution in [0.15, 0.2) is 24.3 Å². The van der Waals surface area contributed by atoms with Crippen molar-refractivity contribution < 1.29 is 9.53 Å². The number of ether oxygens (including phenoxy) is 1. The molecule has 2 N–H and O–H groups in total. The molecule has 1 rings (SSSR count). The summed E-state index contributed by atoms with van der Waals surface area (Å²) in [6, 6.07) is 8.88. The van der Waals surface area contributed by atoms with E-state index >= 15 is 0 Å². The Kier molecular flexibility index (Phi) is 6.88. The van der Waals surface area contributed by atoms with E-state index < -0.39 is 5.60 Å². The third kappa shape index (κ3) is 7.46. The molecular weight excluding hydrogens is 276 g/mol. The molecule has 0 aromatic heterocycles. The van der Waals surface area contributed by atoms with Gasteiger partial charge in [0.05, 0.1) is 0 Å². The highest BCUT2D eigenvalue weighted by molar-refractivity contribution is 5.67. The Morgan fingerprint density at radius 3 is 2.55 bits per heavy atom. The van der Waals surface area contributed by atoms with E-state index in [1.165, 1.54) is 11.1 Å². The summed E-state index contributed by atoms with van der Waals surface area (Å²) in [5.74, 6) is 0. The second-order valence-corrected chi connectivity index (χ2v) is 6.93. The first-order valence-corrected chi connectivity index (χ1v) is 7.97. The van der Waals surface area contributed by atoms with Crippen molar-refractivity contribution in [1.29, 1.82) is 0 Å². The largest absolute Gasteiger partial charge is 0.444 e. The molecule has 2 atom stereocenters. The average molecular weight is 306 g/mol. The van der Waals surface area contributed by atoms with Gasteiger partial charge in [0.1, 0.15) is 5.60 Å². The van der Waals surface area contributed by atoms with E-state index in [1.807, 2.05) is 27.7 Å². The number of hydrogen-bond donors (Lipinski definition) is 2.